The smallest absolute Gasteiger partial charge is 0.431 e. The number of aromatic amines is 1. The largest absolute Gasteiger partial charge is 0.466 e. The van der Waals surface area contributed by atoms with E-state index in [4.69, 9.17) is 0 Å². The first-order chi connectivity index (χ1) is 9.16. The molecule has 1 N–H and O–H groups in total. The van der Waals surface area contributed by atoms with Gasteiger partial charge < -0.3 is 9.72 Å². The zero-order chi connectivity index (χ0) is 15.5. The maximum atomic E-state index is 12.6. The van der Waals surface area contributed by atoms with Crippen molar-refractivity contribution in [3.8, 4) is 0 Å². The van der Waals surface area contributed by atoms with Crippen LogP contribution in [0.25, 0.3) is 0 Å². The fourth-order valence-corrected chi connectivity index (χ4v) is 1.50. The lowest BCUT2D eigenvalue weighted by Crippen LogP contribution is -2.24. The molecule has 0 unspecified atom stereocenters. The summed E-state index contributed by atoms with van der Waals surface area (Å²) in [6.07, 6.45) is -9.24. The van der Waals surface area contributed by atoms with Gasteiger partial charge in [0.25, 0.3) is 12.0 Å². The zero-order valence-electron chi connectivity index (χ0n) is 10.2. The van der Waals surface area contributed by atoms with Gasteiger partial charge in [0.1, 0.15) is 5.69 Å². The first-order valence-electron chi connectivity index (χ1n) is 5.43. The predicted octanol–water partition coefficient (Wildman–Crippen LogP) is 2.44. The molecule has 1 aromatic rings. The molecule has 0 bridgehead atoms. The van der Waals surface area contributed by atoms with Crippen LogP contribution in [0.4, 0.5) is 22.0 Å². The van der Waals surface area contributed by atoms with Crippen LogP contribution in [-0.4, -0.2) is 17.6 Å². The van der Waals surface area contributed by atoms with E-state index in [0.29, 0.717) is 6.07 Å². The summed E-state index contributed by atoms with van der Waals surface area (Å²) in [4.78, 5) is 23.9. The summed E-state index contributed by atoms with van der Waals surface area (Å²) in [5, 5.41) is 0. The molecule has 0 aromatic carbocycles. The number of pyridine rings is 1. The molecule has 4 nitrogen and oxygen atoms in total. The fraction of sp³-hybridized carbons (Fsp3) is 0.455. The van der Waals surface area contributed by atoms with Crippen molar-refractivity contribution < 1.29 is 31.5 Å². The van der Waals surface area contributed by atoms with Gasteiger partial charge in [0.05, 0.1) is 13.0 Å². The molecule has 0 amide bonds. The van der Waals surface area contributed by atoms with Gasteiger partial charge in [-0.2, -0.15) is 13.2 Å². The molecule has 0 saturated heterocycles. The Labute approximate surface area is 109 Å². The Morgan fingerprint density at radius 2 is 2.00 bits per heavy atom. The van der Waals surface area contributed by atoms with Crippen LogP contribution >= 0.6 is 0 Å². The van der Waals surface area contributed by atoms with Gasteiger partial charge in [-0.1, -0.05) is 0 Å². The number of H-pyrrole nitrogens is 1. The van der Waals surface area contributed by atoms with Gasteiger partial charge in [0.15, 0.2) is 0 Å². The Morgan fingerprint density at radius 3 is 2.45 bits per heavy atom. The highest BCUT2D eigenvalue weighted by Crippen LogP contribution is 2.34. The van der Waals surface area contributed by atoms with Gasteiger partial charge in [0.2, 0.25) is 0 Å². The van der Waals surface area contributed by atoms with Gasteiger partial charge in [-0.25, -0.2) is 8.78 Å². The molecule has 0 spiro atoms. The number of halogens is 5. The number of esters is 1. The van der Waals surface area contributed by atoms with Crippen molar-refractivity contribution in [2.24, 2.45) is 0 Å². The van der Waals surface area contributed by atoms with Gasteiger partial charge in [0, 0.05) is 11.1 Å². The van der Waals surface area contributed by atoms with Gasteiger partial charge in [-0.15, -0.1) is 0 Å². The predicted molar refractivity (Wildman–Crippen MR) is 57.4 cm³/mol. The molecule has 1 aromatic heterocycles. The molecule has 0 fully saturated rings. The quantitative estimate of drug-likeness (QED) is 0.686. The monoisotopic (exact) mass is 299 g/mol. The number of hydrogen-bond donors (Lipinski definition) is 1. The average molecular weight is 299 g/mol. The highest BCUT2D eigenvalue weighted by molar-refractivity contribution is 5.72. The second-order valence-electron chi connectivity index (χ2n) is 3.73. The molecular weight excluding hydrogens is 289 g/mol. The number of alkyl halides is 5. The molecule has 20 heavy (non-hydrogen) atoms. The number of aromatic nitrogens is 1. The molecule has 0 atom stereocenters. The third-order valence-corrected chi connectivity index (χ3v) is 2.31. The number of carbonyl (C=O) groups is 1. The van der Waals surface area contributed by atoms with Crippen LogP contribution in [0.3, 0.4) is 0 Å². The molecule has 112 valence electrons. The molecule has 0 saturated carbocycles. The highest BCUT2D eigenvalue weighted by atomic mass is 19.4. The first kappa shape index (κ1) is 16.1. The van der Waals surface area contributed by atoms with Gasteiger partial charge >= 0.3 is 12.1 Å². The van der Waals surface area contributed by atoms with Crippen molar-refractivity contribution in [1.82, 2.24) is 4.98 Å². The van der Waals surface area contributed by atoms with E-state index in [1.54, 1.807) is 0 Å². The minimum Gasteiger partial charge on any atom is -0.466 e. The van der Waals surface area contributed by atoms with Gasteiger partial charge in [-0.3, -0.25) is 9.59 Å². The number of nitrogens with one attached hydrogen (secondary N) is 1. The van der Waals surface area contributed by atoms with E-state index in [9.17, 15) is 31.5 Å². The average Bonchev–Trinajstić information content (AvgIpc) is 2.30. The molecule has 0 aliphatic heterocycles. The number of ether oxygens (including phenoxy) is 1. The molecule has 0 radical (unpaired) electrons. The highest BCUT2D eigenvalue weighted by Gasteiger charge is 2.37. The van der Waals surface area contributed by atoms with Crippen molar-refractivity contribution >= 4 is 5.97 Å². The van der Waals surface area contributed by atoms with E-state index in [2.05, 4.69) is 4.74 Å². The maximum Gasteiger partial charge on any atom is 0.431 e. The van der Waals surface area contributed by atoms with E-state index in [0.717, 1.165) is 0 Å². The topological polar surface area (TPSA) is 59.2 Å². The SMILES string of the molecule is CCOC(=O)Cc1cc(C(F)F)c(C(F)(F)F)[nH]c1=O. The van der Waals surface area contributed by atoms with Gasteiger partial charge in [-0.05, 0) is 13.0 Å². The van der Waals surface area contributed by atoms with Crippen LogP contribution in [-0.2, 0) is 22.1 Å². The van der Waals surface area contributed by atoms with Crippen LogP contribution in [0.2, 0.25) is 0 Å². The fourth-order valence-electron chi connectivity index (χ4n) is 1.50. The maximum absolute atomic E-state index is 12.6. The van der Waals surface area contributed by atoms with Crippen molar-refractivity contribution in [3.05, 3.63) is 33.2 Å². The number of rotatable bonds is 4. The Kier molecular flexibility index (Phi) is 4.85. The summed E-state index contributed by atoms with van der Waals surface area (Å²) in [6.45, 7) is 1.48. The second kappa shape index (κ2) is 6.02. The number of carbonyl (C=O) groups excluding carboxylic acids is 1. The lowest BCUT2D eigenvalue weighted by Gasteiger charge is -2.13. The third kappa shape index (κ3) is 3.78. The lowest BCUT2D eigenvalue weighted by molar-refractivity contribution is -0.143. The molecule has 1 heterocycles. The Morgan fingerprint density at radius 1 is 1.40 bits per heavy atom. The summed E-state index contributed by atoms with van der Waals surface area (Å²) in [7, 11) is 0. The van der Waals surface area contributed by atoms with E-state index < -0.39 is 47.4 Å². The Hall–Kier alpha value is -1.93. The first-order valence-corrected chi connectivity index (χ1v) is 5.43. The molecular formula is C11H10F5NO3. The summed E-state index contributed by atoms with van der Waals surface area (Å²) >= 11 is 0. The molecule has 0 aliphatic carbocycles. The zero-order valence-corrected chi connectivity index (χ0v) is 10.2. The number of hydrogen-bond acceptors (Lipinski definition) is 3. The van der Waals surface area contributed by atoms with Crippen LogP contribution in [0, 0.1) is 0 Å². The van der Waals surface area contributed by atoms with Crippen LogP contribution < -0.4 is 5.56 Å². The Balaban J connectivity index is 3.27. The van der Waals surface area contributed by atoms with Crippen LogP contribution in [0.5, 0.6) is 0 Å². The molecule has 1 rings (SSSR count). The second-order valence-corrected chi connectivity index (χ2v) is 3.73. The Bertz CT molecular complexity index is 550. The summed E-state index contributed by atoms with van der Waals surface area (Å²) in [5.41, 5.74) is -4.96. The summed E-state index contributed by atoms with van der Waals surface area (Å²) in [6, 6.07) is 0.378. The third-order valence-electron chi connectivity index (χ3n) is 2.31. The van der Waals surface area contributed by atoms with Crippen molar-refractivity contribution in [3.63, 3.8) is 0 Å². The molecule has 9 heteroatoms. The minimum absolute atomic E-state index is 0.000916. The van der Waals surface area contributed by atoms with E-state index >= 15 is 0 Å². The van der Waals surface area contributed by atoms with Crippen LogP contribution in [0.1, 0.15) is 30.2 Å². The summed E-state index contributed by atoms with van der Waals surface area (Å²) in [5.74, 6) is -0.891. The van der Waals surface area contributed by atoms with Crippen molar-refractivity contribution in [1.29, 1.82) is 0 Å². The van der Waals surface area contributed by atoms with Crippen LogP contribution in [0.15, 0.2) is 10.9 Å². The minimum atomic E-state index is -5.12. The molecule has 0 aliphatic rings. The normalized spacial score (nSPS) is 11.8. The lowest BCUT2D eigenvalue weighted by atomic mass is 10.1. The van der Waals surface area contributed by atoms with Crippen molar-refractivity contribution in [2.75, 3.05) is 6.61 Å². The van der Waals surface area contributed by atoms with E-state index in [1.165, 1.54) is 11.9 Å². The standard InChI is InChI=1S/C11H10F5NO3/c1-2-20-7(18)4-5-3-6(9(12)13)8(11(14,15)16)17-10(5)19/h3,9H,2,4H2,1H3,(H,17,19). The van der Waals surface area contributed by atoms with E-state index in [1.807, 2.05) is 0 Å². The van der Waals surface area contributed by atoms with E-state index in [-0.39, 0.29) is 6.61 Å². The summed E-state index contributed by atoms with van der Waals surface area (Å²) < 4.78 is 67.3. The van der Waals surface area contributed by atoms with Crippen molar-refractivity contribution in [2.45, 2.75) is 25.9 Å².